The standard InChI is InChI=1S/C17H27N3O/c1-12-5-6-15(13(2)19-12)16(20-18)14-7-10-21-17(11-14)8-3-4-9-17/h5-6,14,16,20H,3-4,7-11,18H2,1-2H3. The molecule has 116 valence electrons. The number of aryl methyl sites for hydroxylation is 2. The Labute approximate surface area is 127 Å². The van der Waals surface area contributed by atoms with Crippen molar-refractivity contribution >= 4 is 0 Å². The van der Waals surface area contributed by atoms with Crippen molar-refractivity contribution in [1.82, 2.24) is 10.4 Å². The lowest BCUT2D eigenvalue weighted by Gasteiger charge is -2.41. The van der Waals surface area contributed by atoms with Gasteiger partial charge in [0.05, 0.1) is 11.6 Å². The fraction of sp³-hybridized carbons (Fsp3) is 0.706. The zero-order chi connectivity index (χ0) is 14.9. The molecule has 1 spiro atoms. The molecule has 1 aromatic rings. The van der Waals surface area contributed by atoms with E-state index in [-0.39, 0.29) is 11.6 Å². The Morgan fingerprint density at radius 2 is 2.10 bits per heavy atom. The third-order valence-corrected chi connectivity index (χ3v) is 5.30. The van der Waals surface area contributed by atoms with Crippen LogP contribution >= 0.6 is 0 Å². The summed E-state index contributed by atoms with van der Waals surface area (Å²) in [5.41, 5.74) is 6.58. The van der Waals surface area contributed by atoms with Gasteiger partial charge in [-0.1, -0.05) is 18.9 Å². The molecule has 4 nitrogen and oxygen atoms in total. The second kappa shape index (κ2) is 6.03. The predicted molar refractivity (Wildman–Crippen MR) is 83.7 cm³/mol. The molecule has 1 aliphatic heterocycles. The minimum Gasteiger partial charge on any atom is -0.375 e. The molecule has 3 N–H and O–H groups in total. The summed E-state index contributed by atoms with van der Waals surface area (Å²) in [6.45, 7) is 4.97. The lowest BCUT2D eigenvalue weighted by atomic mass is 9.78. The van der Waals surface area contributed by atoms with Crippen LogP contribution in [0.1, 0.15) is 61.5 Å². The second-order valence-corrected chi connectivity index (χ2v) is 6.76. The van der Waals surface area contributed by atoms with Gasteiger partial charge in [0, 0.05) is 18.0 Å². The van der Waals surface area contributed by atoms with E-state index in [1.54, 1.807) is 0 Å². The number of nitrogens with zero attached hydrogens (tertiary/aromatic N) is 1. The SMILES string of the molecule is Cc1ccc(C(NN)C2CCOC3(CCCC3)C2)c(C)n1. The van der Waals surface area contributed by atoms with E-state index >= 15 is 0 Å². The molecule has 2 unspecified atom stereocenters. The van der Waals surface area contributed by atoms with Gasteiger partial charge in [-0.25, -0.2) is 0 Å². The van der Waals surface area contributed by atoms with Crippen molar-refractivity contribution in [3.8, 4) is 0 Å². The topological polar surface area (TPSA) is 60.2 Å². The monoisotopic (exact) mass is 289 g/mol. The van der Waals surface area contributed by atoms with Crippen LogP contribution in [0.4, 0.5) is 0 Å². The van der Waals surface area contributed by atoms with Crippen LogP contribution in [-0.4, -0.2) is 17.2 Å². The Balaban J connectivity index is 1.82. The van der Waals surface area contributed by atoms with Crippen LogP contribution in [0.15, 0.2) is 12.1 Å². The van der Waals surface area contributed by atoms with Crippen molar-refractivity contribution < 1.29 is 4.74 Å². The third-order valence-electron chi connectivity index (χ3n) is 5.30. The van der Waals surface area contributed by atoms with Crippen molar-refractivity contribution in [3.63, 3.8) is 0 Å². The summed E-state index contributed by atoms with van der Waals surface area (Å²) in [4.78, 5) is 4.60. The molecule has 1 saturated heterocycles. The van der Waals surface area contributed by atoms with E-state index in [4.69, 9.17) is 10.6 Å². The highest BCUT2D eigenvalue weighted by Gasteiger charge is 2.42. The van der Waals surface area contributed by atoms with E-state index in [1.807, 2.05) is 6.92 Å². The molecule has 0 amide bonds. The van der Waals surface area contributed by atoms with Crippen LogP contribution < -0.4 is 11.3 Å². The minimum atomic E-state index is 0.129. The van der Waals surface area contributed by atoms with Crippen LogP contribution in [0, 0.1) is 19.8 Å². The number of nitrogens with one attached hydrogen (secondary N) is 1. The Morgan fingerprint density at radius 1 is 1.33 bits per heavy atom. The summed E-state index contributed by atoms with van der Waals surface area (Å²) in [5.74, 6) is 6.44. The molecule has 2 atom stereocenters. The number of hydrogen-bond donors (Lipinski definition) is 2. The number of aromatic nitrogens is 1. The second-order valence-electron chi connectivity index (χ2n) is 6.76. The number of hydrogen-bond acceptors (Lipinski definition) is 4. The van der Waals surface area contributed by atoms with Crippen molar-refractivity contribution in [3.05, 3.63) is 29.1 Å². The summed E-state index contributed by atoms with van der Waals surface area (Å²) in [7, 11) is 0. The molecular weight excluding hydrogens is 262 g/mol. The highest BCUT2D eigenvalue weighted by Crippen LogP contribution is 2.45. The molecule has 1 aromatic heterocycles. The maximum Gasteiger partial charge on any atom is 0.0686 e. The fourth-order valence-corrected chi connectivity index (χ4v) is 4.22. The molecular formula is C17H27N3O. The van der Waals surface area contributed by atoms with E-state index in [1.165, 1.54) is 31.2 Å². The number of pyridine rings is 1. The number of ether oxygens (including phenoxy) is 1. The average molecular weight is 289 g/mol. The fourth-order valence-electron chi connectivity index (χ4n) is 4.22. The van der Waals surface area contributed by atoms with Gasteiger partial charge in [0.15, 0.2) is 0 Å². The van der Waals surface area contributed by atoms with Gasteiger partial charge in [-0.15, -0.1) is 0 Å². The van der Waals surface area contributed by atoms with E-state index in [9.17, 15) is 0 Å². The quantitative estimate of drug-likeness (QED) is 0.663. The van der Waals surface area contributed by atoms with Crippen LogP contribution in [-0.2, 0) is 4.74 Å². The maximum absolute atomic E-state index is 6.15. The normalized spacial score (nSPS) is 26.1. The van der Waals surface area contributed by atoms with Crippen molar-refractivity contribution in [1.29, 1.82) is 0 Å². The Kier molecular flexibility index (Phi) is 4.29. The van der Waals surface area contributed by atoms with Crippen molar-refractivity contribution in [2.24, 2.45) is 11.8 Å². The molecule has 2 fully saturated rings. The average Bonchev–Trinajstić information content (AvgIpc) is 2.90. The van der Waals surface area contributed by atoms with Gasteiger partial charge in [0.2, 0.25) is 0 Å². The Bertz CT molecular complexity index is 497. The number of nitrogens with two attached hydrogens (primary N) is 1. The highest BCUT2D eigenvalue weighted by molar-refractivity contribution is 5.26. The van der Waals surface area contributed by atoms with E-state index in [0.29, 0.717) is 5.92 Å². The van der Waals surface area contributed by atoms with Gasteiger partial charge in [-0.05, 0) is 57.1 Å². The first kappa shape index (κ1) is 14.9. The minimum absolute atomic E-state index is 0.129. The molecule has 0 radical (unpaired) electrons. The third kappa shape index (κ3) is 2.98. The van der Waals surface area contributed by atoms with E-state index < -0.39 is 0 Å². The van der Waals surface area contributed by atoms with Gasteiger partial charge in [0.25, 0.3) is 0 Å². The Morgan fingerprint density at radius 3 is 2.76 bits per heavy atom. The molecule has 4 heteroatoms. The molecule has 1 saturated carbocycles. The highest BCUT2D eigenvalue weighted by atomic mass is 16.5. The van der Waals surface area contributed by atoms with Crippen LogP contribution in [0.3, 0.4) is 0 Å². The van der Waals surface area contributed by atoms with Gasteiger partial charge in [-0.2, -0.15) is 0 Å². The predicted octanol–water partition coefficient (Wildman–Crippen LogP) is 2.94. The van der Waals surface area contributed by atoms with Crippen LogP contribution in [0.2, 0.25) is 0 Å². The van der Waals surface area contributed by atoms with Crippen molar-refractivity contribution in [2.75, 3.05) is 6.61 Å². The summed E-state index contributed by atoms with van der Waals surface area (Å²) in [5, 5.41) is 0. The van der Waals surface area contributed by atoms with Gasteiger partial charge in [-0.3, -0.25) is 16.3 Å². The molecule has 0 bridgehead atoms. The van der Waals surface area contributed by atoms with Crippen LogP contribution in [0.5, 0.6) is 0 Å². The van der Waals surface area contributed by atoms with Gasteiger partial charge >= 0.3 is 0 Å². The molecule has 1 aliphatic carbocycles. The van der Waals surface area contributed by atoms with E-state index in [2.05, 4.69) is 29.5 Å². The summed E-state index contributed by atoms with van der Waals surface area (Å²) < 4.78 is 6.15. The smallest absolute Gasteiger partial charge is 0.0686 e. The first-order chi connectivity index (χ1) is 10.1. The summed E-state index contributed by atoms with van der Waals surface area (Å²) in [6, 6.07) is 4.44. The molecule has 0 aromatic carbocycles. The lowest BCUT2D eigenvalue weighted by Crippen LogP contribution is -2.43. The number of hydrazine groups is 1. The zero-order valence-electron chi connectivity index (χ0n) is 13.2. The first-order valence-corrected chi connectivity index (χ1v) is 8.18. The zero-order valence-corrected chi connectivity index (χ0v) is 13.2. The van der Waals surface area contributed by atoms with E-state index in [0.717, 1.165) is 30.8 Å². The summed E-state index contributed by atoms with van der Waals surface area (Å²) >= 11 is 0. The van der Waals surface area contributed by atoms with Gasteiger partial charge < -0.3 is 4.74 Å². The Hall–Kier alpha value is -0.970. The van der Waals surface area contributed by atoms with Gasteiger partial charge in [0.1, 0.15) is 0 Å². The van der Waals surface area contributed by atoms with Crippen molar-refractivity contribution in [2.45, 2.75) is 64.0 Å². The number of rotatable bonds is 3. The molecule has 3 rings (SSSR count). The first-order valence-electron chi connectivity index (χ1n) is 8.18. The lowest BCUT2D eigenvalue weighted by molar-refractivity contribution is -0.0982. The molecule has 2 heterocycles. The molecule has 2 aliphatic rings. The van der Waals surface area contributed by atoms with Crippen LogP contribution in [0.25, 0.3) is 0 Å². The summed E-state index contributed by atoms with van der Waals surface area (Å²) in [6.07, 6.45) is 7.23. The largest absolute Gasteiger partial charge is 0.375 e. The maximum atomic E-state index is 6.15. The molecule has 21 heavy (non-hydrogen) atoms.